The van der Waals surface area contributed by atoms with Crippen molar-refractivity contribution >= 4 is 21.7 Å². The molecule has 0 bridgehead atoms. The molecule has 6 heteroatoms. The smallest absolute Gasteiger partial charge is 0.294 e. The number of carbonyl (C=O) groups excluding carboxylic acids is 1. The van der Waals surface area contributed by atoms with Crippen LogP contribution in [0.4, 0.5) is 17.6 Å². The van der Waals surface area contributed by atoms with Crippen LogP contribution >= 0.6 is 15.9 Å². The number of benzene rings is 2. The highest BCUT2D eigenvalue weighted by Gasteiger charge is 2.33. The Morgan fingerprint density at radius 3 is 2.24 bits per heavy atom. The van der Waals surface area contributed by atoms with Crippen LogP contribution in [-0.4, -0.2) is 5.78 Å². The van der Waals surface area contributed by atoms with Crippen molar-refractivity contribution in [3.8, 4) is 0 Å². The van der Waals surface area contributed by atoms with Crippen LogP contribution in [-0.2, 0) is 12.6 Å². The van der Waals surface area contributed by atoms with Crippen molar-refractivity contribution in [2.24, 2.45) is 0 Å². The van der Waals surface area contributed by atoms with Gasteiger partial charge in [0.1, 0.15) is 5.82 Å². The van der Waals surface area contributed by atoms with Gasteiger partial charge in [-0.25, -0.2) is 4.39 Å². The average Bonchev–Trinajstić information content (AvgIpc) is 2.40. The summed E-state index contributed by atoms with van der Waals surface area (Å²) in [6.45, 7) is 0. The van der Waals surface area contributed by atoms with E-state index in [0.717, 1.165) is 6.07 Å². The Labute approximate surface area is 126 Å². The molecule has 0 aromatic heterocycles. The fourth-order valence-corrected chi connectivity index (χ4v) is 2.28. The number of ketones is 1. The van der Waals surface area contributed by atoms with Gasteiger partial charge >= 0.3 is 6.18 Å². The van der Waals surface area contributed by atoms with Crippen molar-refractivity contribution in [2.75, 3.05) is 0 Å². The van der Waals surface area contributed by atoms with Crippen molar-refractivity contribution in [1.29, 1.82) is 0 Å². The summed E-state index contributed by atoms with van der Waals surface area (Å²) in [4.78, 5) is 12.0. The molecule has 0 N–H and O–H groups in total. The summed E-state index contributed by atoms with van der Waals surface area (Å²) < 4.78 is 51.0. The summed E-state index contributed by atoms with van der Waals surface area (Å²) in [5.74, 6) is -0.895. The Hall–Kier alpha value is -1.69. The summed E-state index contributed by atoms with van der Waals surface area (Å²) in [6, 6.07) is 8.59. The van der Waals surface area contributed by atoms with Gasteiger partial charge in [-0.15, -0.1) is 0 Å². The first-order valence-corrected chi connectivity index (χ1v) is 6.71. The summed E-state index contributed by atoms with van der Waals surface area (Å²) in [6.07, 6.45) is -4.62. The highest BCUT2D eigenvalue weighted by molar-refractivity contribution is 9.10. The van der Waals surface area contributed by atoms with Crippen molar-refractivity contribution < 1.29 is 22.4 Å². The molecule has 0 aliphatic rings. The maximum Gasteiger partial charge on any atom is 0.417 e. The Morgan fingerprint density at radius 2 is 1.67 bits per heavy atom. The standard InChI is InChI=1S/C15H9BrF4O/c16-13-6-3-10(8-12(13)15(18,19)20)14(21)7-9-1-4-11(17)5-2-9/h1-6,8H,7H2. The van der Waals surface area contributed by atoms with E-state index in [4.69, 9.17) is 0 Å². The van der Waals surface area contributed by atoms with Crippen LogP contribution in [0, 0.1) is 5.82 Å². The molecule has 1 nitrogen and oxygen atoms in total. The number of halogens is 5. The minimum absolute atomic E-state index is 0.0325. The zero-order chi connectivity index (χ0) is 15.6. The van der Waals surface area contributed by atoms with Gasteiger partial charge < -0.3 is 0 Å². The van der Waals surface area contributed by atoms with Gasteiger partial charge in [0, 0.05) is 16.5 Å². The summed E-state index contributed by atoms with van der Waals surface area (Å²) in [5, 5.41) is 0. The molecule has 0 aliphatic carbocycles. The maximum absolute atomic E-state index is 12.8. The van der Waals surface area contributed by atoms with Crippen LogP contribution in [0.25, 0.3) is 0 Å². The van der Waals surface area contributed by atoms with E-state index in [9.17, 15) is 22.4 Å². The van der Waals surface area contributed by atoms with E-state index in [0.29, 0.717) is 5.56 Å². The topological polar surface area (TPSA) is 17.1 Å². The zero-order valence-corrected chi connectivity index (χ0v) is 12.1. The highest BCUT2D eigenvalue weighted by atomic mass is 79.9. The van der Waals surface area contributed by atoms with E-state index in [1.54, 1.807) is 0 Å². The van der Waals surface area contributed by atoms with E-state index < -0.39 is 23.3 Å². The fourth-order valence-electron chi connectivity index (χ4n) is 1.81. The van der Waals surface area contributed by atoms with Gasteiger partial charge in [-0.05, 0) is 29.8 Å². The van der Waals surface area contributed by atoms with Crippen LogP contribution in [0.15, 0.2) is 46.9 Å². The van der Waals surface area contributed by atoms with Gasteiger partial charge in [0.2, 0.25) is 0 Å². The second-order valence-electron chi connectivity index (χ2n) is 4.42. The van der Waals surface area contributed by atoms with Crippen molar-refractivity contribution in [2.45, 2.75) is 12.6 Å². The van der Waals surface area contributed by atoms with Gasteiger partial charge in [0.25, 0.3) is 0 Å². The molecule has 0 spiro atoms. The van der Waals surface area contributed by atoms with Crippen molar-refractivity contribution in [1.82, 2.24) is 0 Å². The van der Waals surface area contributed by atoms with Gasteiger partial charge in [0.15, 0.2) is 5.78 Å². The van der Waals surface area contributed by atoms with Crippen LogP contribution in [0.5, 0.6) is 0 Å². The van der Waals surface area contributed by atoms with Gasteiger partial charge in [-0.3, -0.25) is 4.79 Å². The molecule has 0 fully saturated rings. The van der Waals surface area contributed by atoms with E-state index >= 15 is 0 Å². The molecule has 2 aromatic rings. The fraction of sp³-hybridized carbons (Fsp3) is 0.133. The lowest BCUT2D eigenvalue weighted by atomic mass is 10.0. The monoisotopic (exact) mass is 360 g/mol. The molecule has 2 rings (SSSR count). The molecule has 110 valence electrons. The Bertz CT molecular complexity index is 662. The van der Waals surface area contributed by atoms with E-state index in [2.05, 4.69) is 15.9 Å². The van der Waals surface area contributed by atoms with Crippen LogP contribution in [0.3, 0.4) is 0 Å². The molecule has 0 amide bonds. The number of Topliss-reactive ketones (excluding diaryl/α,β-unsaturated/α-hetero) is 1. The number of hydrogen-bond donors (Lipinski definition) is 0. The number of carbonyl (C=O) groups is 1. The minimum atomic E-state index is -4.54. The molecule has 2 aromatic carbocycles. The second kappa shape index (κ2) is 5.97. The molecule has 0 saturated heterocycles. The quantitative estimate of drug-likeness (QED) is 0.554. The Balaban J connectivity index is 2.25. The van der Waals surface area contributed by atoms with Gasteiger partial charge in [-0.2, -0.15) is 13.2 Å². The molecule has 0 atom stereocenters. The number of rotatable bonds is 3. The predicted molar refractivity (Wildman–Crippen MR) is 73.6 cm³/mol. The largest absolute Gasteiger partial charge is 0.417 e. The van der Waals surface area contributed by atoms with Gasteiger partial charge in [0.05, 0.1) is 5.56 Å². The third-order valence-electron chi connectivity index (χ3n) is 2.87. The van der Waals surface area contributed by atoms with E-state index in [-0.39, 0.29) is 16.5 Å². The Kier molecular flexibility index (Phi) is 4.46. The summed E-state index contributed by atoms with van der Waals surface area (Å²) in [7, 11) is 0. The maximum atomic E-state index is 12.8. The zero-order valence-electron chi connectivity index (χ0n) is 10.5. The van der Waals surface area contributed by atoms with Crippen LogP contribution in [0.2, 0.25) is 0 Å². The first kappa shape index (κ1) is 15.7. The molecular weight excluding hydrogens is 352 g/mol. The molecule has 0 heterocycles. The lowest BCUT2D eigenvalue weighted by Gasteiger charge is -2.10. The van der Waals surface area contributed by atoms with Crippen molar-refractivity contribution in [3.05, 3.63) is 69.4 Å². The second-order valence-corrected chi connectivity index (χ2v) is 5.27. The highest BCUT2D eigenvalue weighted by Crippen LogP contribution is 2.35. The summed E-state index contributed by atoms with van der Waals surface area (Å²) in [5.41, 5.74) is -0.389. The molecular formula is C15H9BrF4O. The lowest BCUT2D eigenvalue weighted by molar-refractivity contribution is -0.138. The third kappa shape index (κ3) is 3.91. The predicted octanol–water partition coefficient (Wildman–Crippen LogP) is 5.03. The third-order valence-corrected chi connectivity index (χ3v) is 3.56. The first-order chi connectivity index (χ1) is 9.77. The first-order valence-electron chi connectivity index (χ1n) is 5.92. The lowest BCUT2D eigenvalue weighted by Crippen LogP contribution is -2.10. The van der Waals surface area contributed by atoms with E-state index in [1.165, 1.54) is 36.4 Å². The molecule has 0 unspecified atom stereocenters. The molecule has 0 radical (unpaired) electrons. The average molecular weight is 361 g/mol. The SMILES string of the molecule is O=C(Cc1ccc(F)cc1)c1ccc(Br)c(C(F)(F)F)c1. The molecule has 21 heavy (non-hydrogen) atoms. The number of hydrogen-bond acceptors (Lipinski definition) is 1. The summed E-state index contributed by atoms with van der Waals surface area (Å²) >= 11 is 2.82. The van der Waals surface area contributed by atoms with E-state index in [1.807, 2.05) is 0 Å². The van der Waals surface area contributed by atoms with Crippen LogP contribution < -0.4 is 0 Å². The molecule has 0 aliphatic heterocycles. The van der Waals surface area contributed by atoms with Crippen LogP contribution in [0.1, 0.15) is 21.5 Å². The van der Waals surface area contributed by atoms with Crippen molar-refractivity contribution in [3.63, 3.8) is 0 Å². The molecule has 0 saturated carbocycles. The Morgan fingerprint density at radius 1 is 1.05 bits per heavy atom. The number of alkyl halides is 3. The minimum Gasteiger partial charge on any atom is -0.294 e. The van der Waals surface area contributed by atoms with Gasteiger partial charge in [-0.1, -0.05) is 34.1 Å². The normalized spacial score (nSPS) is 11.5.